The van der Waals surface area contributed by atoms with Crippen LogP contribution in [0.15, 0.2) is 30.3 Å². The van der Waals surface area contributed by atoms with E-state index in [0.717, 1.165) is 12.0 Å². The molecule has 0 radical (unpaired) electrons. The van der Waals surface area contributed by atoms with E-state index in [4.69, 9.17) is 4.74 Å². The molecule has 0 bridgehead atoms. The summed E-state index contributed by atoms with van der Waals surface area (Å²) in [4.78, 5) is 49.3. The summed E-state index contributed by atoms with van der Waals surface area (Å²) in [6, 6.07) is 9.44. The molecule has 1 aromatic carbocycles. The summed E-state index contributed by atoms with van der Waals surface area (Å²) < 4.78 is 5.02. The quantitative estimate of drug-likeness (QED) is 0.608. The Kier molecular flexibility index (Phi) is 7.98. The van der Waals surface area contributed by atoms with E-state index in [1.807, 2.05) is 44.2 Å². The van der Waals surface area contributed by atoms with Gasteiger partial charge in [0.25, 0.3) is 5.91 Å². The average Bonchev–Trinajstić information content (AvgIpc) is 3.10. The van der Waals surface area contributed by atoms with Crippen LogP contribution in [0.5, 0.6) is 0 Å². The summed E-state index contributed by atoms with van der Waals surface area (Å²) in [6.45, 7) is 4.00. The number of hydrogen-bond donors (Lipinski definition) is 2. The van der Waals surface area contributed by atoms with Gasteiger partial charge < -0.3 is 20.3 Å². The van der Waals surface area contributed by atoms with Gasteiger partial charge in [-0.2, -0.15) is 0 Å². The van der Waals surface area contributed by atoms with E-state index in [0.29, 0.717) is 6.54 Å². The Labute approximate surface area is 164 Å². The summed E-state index contributed by atoms with van der Waals surface area (Å²) in [5, 5.41) is 5.02. The molecule has 1 heterocycles. The molecule has 2 rings (SSSR count). The second-order valence-corrected chi connectivity index (χ2v) is 6.77. The molecule has 0 aliphatic carbocycles. The predicted octanol–water partition coefficient (Wildman–Crippen LogP) is 0.782. The van der Waals surface area contributed by atoms with Crippen molar-refractivity contribution in [1.82, 2.24) is 15.5 Å². The third-order valence-corrected chi connectivity index (χ3v) is 4.61. The molecule has 1 aliphatic heterocycles. The zero-order valence-corrected chi connectivity index (χ0v) is 16.3. The maximum atomic E-state index is 12.3. The fourth-order valence-corrected chi connectivity index (χ4v) is 2.99. The van der Waals surface area contributed by atoms with Crippen molar-refractivity contribution < 1.29 is 23.9 Å². The topological polar surface area (TPSA) is 105 Å². The van der Waals surface area contributed by atoms with Gasteiger partial charge in [0.2, 0.25) is 11.8 Å². The molecule has 2 atom stereocenters. The summed E-state index contributed by atoms with van der Waals surface area (Å²) in [6.07, 6.45) is 0.869. The molecule has 0 saturated carbocycles. The molecule has 0 aromatic heterocycles. The van der Waals surface area contributed by atoms with Crippen LogP contribution < -0.4 is 10.6 Å². The Bertz CT molecular complexity index is 707. The van der Waals surface area contributed by atoms with Gasteiger partial charge in [-0.1, -0.05) is 37.3 Å². The molecular formula is C20H27N3O5. The van der Waals surface area contributed by atoms with E-state index in [-0.39, 0.29) is 37.4 Å². The number of likely N-dealkylation sites (tertiary alicyclic amines) is 1. The van der Waals surface area contributed by atoms with Crippen molar-refractivity contribution in [3.63, 3.8) is 0 Å². The van der Waals surface area contributed by atoms with E-state index < -0.39 is 24.4 Å². The van der Waals surface area contributed by atoms with Crippen LogP contribution >= 0.6 is 0 Å². The molecule has 2 N–H and O–H groups in total. The molecule has 8 nitrogen and oxygen atoms in total. The number of benzene rings is 1. The van der Waals surface area contributed by atoms with Crippen molar-refractivity contribution in [2.45, 2.75) is 32.7 Å². The van der Waals surface area contributed by atoms with Gasteiger partial charge in [-0.3, -0.25) is 19.2 Å². The van der Waals surface area contributed by atoms with Crippen molar-refractivity contribution >= 4 is 23.7 Å². The highest BCUT2D eigenvalue weighted by Gasteiger charge is 2.38. The van der Waals surface area contributed by atoms with Crippen LogP contribution in [0.1, 0.15) is 38.3 Å². The number of amides is 3. The van der Waals surface area contributed by atoms with Crippen LogP contribution in [0, 0.1) is 5.92 Å². The average molecular weight is 389 g/mol. The Morgan fingerprint density at radius 1 is 1.18 bits per heavy atom. The van der Waals surface area contributed by atoms with Crippen LogP contribution in [-0.2, 0) is 23.9 Å². The van der Waals surface area contributed by atoms with Crippen molar-refractivity contribution in [3.05, 3.63) is 35.9 Å². The molecule has 1 saturated heterocycles. The van der Waals surface area contributed by atoms with E-state index in [1.54, 1.807) is 4.90 Å². The first-order chi connectivity index (χ1) is 13.4. The minimum absolute atomic E-state index is 0.0665. The summed E-state index contributed by atoms with van der Waals surface area (Å²) >= 11 is 0. The fraction of sp³-hybridized carbons (Fsp3) is 0.500. The molecular weight excluding hydrogens is 362 g/mol. The fourth-order valence-electron chi connectivity index (χ4n) is 2.99. The minimum Gasteiger partial charge on any atom is -0.455 e. The Morgan fingerprint density at radius 3 is 2.57 bits per heavy atom. The predicted molar refractivity (Wildman–Crippen MR) is 102 cm³/mol. The highest BCUT2D eigenvalue weighted by molar-refractivity contribution is 5.89. The standard InChI is InChI=1S/C20H27N3O5/c1-3-9-21-17(24)11-22-18(25)13-28-20(27)16-10-19(26)23(12-16)14(2)15-7-5-4-6-8-15/h4-8,14,16H,3,9-13H2,1-2H3,(H,21,24)(H,22,25)/t14-,16+/m0/s1. The number of ether oxygens (including phenoxy) is 1. The van der Waals surface area contributed by atoms with E-state index in [9.17, 15) is 19.2 Å². The summed E-state index contributed by atoms with van der Waals surface area (Å²) in [5.41, 5.74) is 0.991. The molecule has 0 unspecified atom stereocenters. The normalized spacial score (nSPS) is 17.1. The number of nitrogens with zero attached hydrogens (tertiary/aromatic N) is 1. The van der Waals surface area contributed by atoms with Gasteiger partial charge in [0.05, 0.1) is 18.5 Å². The lowest BCUT2D eigenvalue weighted by Gasteiger charge is -2.25. The van der Waals surface area contributed by atoms with Crippen molar-refractivity contribution in [2.75, 3.05) is 26.2 Å². The molecule has 0 spiro atoms. The number of esters is 1. The minimum atomic E-state index is -0.598. The molecule has 28 heavy (non-hydrogen) atoms. The zero-order valence-electron chi connectivity index (χ0n) is 16.3. The van der Waals surface area contributed by atoms with E-state index >= 15 is 0 Å². The maximum Gasteiger partial charge on any atom is 0.311 e. The molecule has 1 aliphatic rings. The monoisotopic (exact) mass is 389 g/mol. The molecule has 1 aromatic rings. The Balaban J connectivity index is 1.76. The van der Waals surface area contributed by atoms with Gasteiger partial charge in [-0.15, -0.1) is 0 Å². The highest BCUT2D eigenvalue weighted by atomic mass is 16.5. The first kappa shape index (κ1) is 21.4. The molecule has 1 fully saturated rings. The summed E-state index contributed by atoms with van der Waals surface area (Å²) in [7, 11) is 0. The van der Waals surface area contributed by atoms with Crippen LogP contribution in [0.2, 0.25) is 0 Å². The van der Waals surface area contributed by atoms with Gasteiger partial charge in [-0.25, -0.2) is 0 Å². The second kappa shape index (κ2) is 10.4. The van der Waals surface area contributed by atoms with Crippen molar-refractivity contribution in [1.29, 1.82) is 0 Å². The summed E-state index contributed by atoms with van der Waals surface area (Å²) in [5.74, 6) is -2.15. The second-order valence-electron chi connectivity index (χ2n) is 6.77. The Morgan fingerprint density at radius 2 is 1.89 bits per heavy atom. The molecule has 3 amide bonds. The van der Waals surface area contributed by atoms with Crippen LogP contribution in [-0.4, -0.2) is 54.8 Å². The van der Waals surface area contributed by atoms with Gasteiger partial charge in [-0.05, 0) is 18.9 Å². The van der Waals surface area contributed by atoms with Crippen molar-refractivity contribution in [2.24, 2.45) is 5.92 Å². The first-order valence-electron chi connectivity index (χ1n) is 9.46. The number of hydrogen-bond acceptors (Lipinski definition) is 5. The Hall–Kier alpha value is -2.90. The van der Waals surface area contributed by atoms with Crippen molar-refractivity contribution in [3.8, 4) is 0 Å². The lowest BCUT2D eigenvalue weighted by molar-refractivity contribution is -0.152. The lowest BCUT2D eigenvalue weighted by atomic mass is 10.1. The van der Waals surface area contributed by atoms with Crippen LogP contribution in [0.25, 0.3) is 0 Å². The third-order valence-electron chi connectivity index (χ3n) is 4.61. The molecule has 152 valence electrons. The van der Waals surface area contributed by atoms with Crippen LogP contribution in [0.3, 0.4) is 0 Å². The largest absolute Gasteiger partial charge is 0.455 e. The third kappa shape index (κ3) is 6.07. The highest BCUT2D eigenvalue weighted by Crippen LogP contribution is 2.28. The van der Waals surface area contributed by atoms with Gasteiger partial charge in [0.15, 0.2) is 6.61 Å². The first-order valence-corrected chi connectivity index (χ1v) is 9.46. The van der Waals surface area contributed by atoms with Crippen LogP contribution in [0.4, 0.5) is 0 Å². The number of carbonyl (C=O) groups excluding carboxylic acids is 4. The number of rotatable bonds is 9. The number of carbonyl (C=O) groups is 4. The SMILES string of the molecule is CCCNC(=O)CNC(=O)COC(=O)[C@@H]1CC(=O)N([C@@H](C)c2ccccc2)C1. The lowest BCUT2D eigenvalue weighted by Crippen LogP contribution is -2.39. The maximum absolute atomic E-state index is 12.3. The number of nitrogens with one attached hydrogen (secondary N) is 2. The smallest absolute Gasteiger partial charge is 0.311 e. The zero-order chi connectivity index (χ0) is 20.5. The van der Waals surface area contributed by atoms with E-state index in [2.05, 4.69) is 10.6 Å². The molecule has 8 heteroatoms. The van der Waals surface area contributed by atoms with Gasteiger partial charge >= 0.3 is 5.97 Å². The van der Waals surface area contributed by atoms with Gasteiger partial charge in [0, 0.05) is 19.5 Å². The van der Waals surface area contributed by atoms with Gasteiger partial charge in [0.1, 0.15) is 0 Å². The van der Waals surface area contributed by atoms with E-state index in [1.165, 1.54) is 0 Å².